The second-order valence-electron chi connectivity index (χ2n) is 5.71. The number of hydrogen-bond acceptors (Lipinski definition) is 5. The van der Waals surface area contributed by atoms with Gasteiger partial charge in [-0.15, -0.1) is 0 Å². The van der Waals surface area contributed by atoms with Crippen LogP contribution in [0, 0.1) is 5.82 Å². The smallest absolute Gasteiger partial charge is 0.421 e. The number of fused-ring (bicyclic) bond motifs is 1. The Balaban J connectivity index is 1.57. The van der Waals surface area contributed by atoms with Crippen molar-refractivity contribution in [2.45, 2.75) is 6.18 Å². The maximum absolute atomic E-state index is 14.4. The Morgan fingerprint density at radius 3 is 2.57 bits per heavy atom. The standard InChI is InChI=1S/C19H11F4N3OS/c20-13-10-11(27-17-12(19(21,22)23)4-3-9-24-17)7-8-14(13)25-18-26-15-5-1-2-6-16(15)28-18/h1-10H,(H,25,26). The van der Waals surface area contributed by atoms with E-state index in [0.29, 0.717) is 5.13 Å². The fourth-order valence-corrected chi connectivity index (χ4v) is 3.38. The highest BCUT2D eigenvalue weighted by Crippen LogP contribution is 2.37. The van der Waals surface area contributed by atoms with Crippen LogP contribution < -0.4 is 10.1 Å². The average Bonchev–Trinajstić information content (AvgIpc) is 3.06. The quantitative estimate of drug-likeness (QED) is 0.400. The molecule has 4 rings (SSSR count). The third-order valence-corrected chi connectivity index (χ3v) is 4.72. The van der Waals surface area contributed by atoms with Crippen LogP contribution in [0.3, 0.4) is 0 Å². The van der Waals surface area contributed by atoms with Gasteiger partial charge >= 0.3 is 6.18 Å². The van der Waals surface area contributed by atoms with Crippen LogP contribution in [0.25, 0.3) is 10.2 Å². The summed E-state index contributed by atoms with van der Waals surface area (Å²) in [5, 5.41) is 3.37. The highest BCUT2D eigenvalue weighted by atomic mass is 32.1. The molecule has 4 nitrogen and oxygen atoms in total. The van der Waals surface area contributed by atoms with Crippen molar-refractivity contribution in [1.29, 1.82) is 0 Å². The molecule has 2 heterocycles. The molecule has 1 N–H and O–H groups in total. The molecule has 28 heavy (non-hydrogen) atoms. The summed E-state index contributed by atoms with van der Waals surface area (Å²) in [7, 11) is 0. The van der Waals surface area contributed by atoms with Crippen molar-refractivity contribution in [2.75, 3.05) is 5.32 Å². The first-order chi connectivity index (χ1) is 13.4. The lowest BCUT2D eigenvalue weighted by atomic mass is 10.2. The maximum Gasteiger partial charge on any atom is 0.421 e. The molecule has 9 heteroatoms. The van der Waals surface area contributed by atoms with Crippen LogP contribution in [-0.4, -0.2) is 9.97 Å². The summed E-state index contributed by atoms with van der Waals surface area (Å²) in [6.07, 6.45) is -3.46. The van der Waals surface area contributed by atoms with Gasteiger partial charge in [-0.3, -0.25) is 0 Å². The van der Waals surface area contributed by atoms with E-state index in [1.165, 1.54) is 29.7 Å². The summed E-state index contributed by atoms with van der Waals surface area (Å²) < 4.78 is 59.6. The van der Waals surface area contributed by atoms with E-state index in [0.717, 1.165) is 28.4 Å². The van der Waals surface area contributed by atoms with Crippen molar-refractivity contribution in [3.05, 3.63) is 72.2 Å². The van der Waals surface area contributed by atoms with Gasteiger partial charge < -0.3 is 10.1 Å². The summed E-state index contributed by atoms with van der Waals surface area (Å²) in [6, 6.07) is 13.2. The molecule has 0 saturated carbocycles. The van der Waals surface area contributed by atoms with E-state index >= 15 is 0 Å². The van der Waals surface area contributed by atoms with Gasteiger partial charge in [-0.05, 0) is 36.4 Å². The van der Waals surface area contributed by atoms with Crippen molar-refractivity contribution in [3.63, 3.8) is 0 Å². The minimum atomic E-state index is -4.63. The predicted molar refractivity (Wildman–Crippen MR) is 98.6 cm³/mol. The number of hydrogen-bond donors (Lipinski definition) is 1. The zero-order valence-electron chi connectivity index (χ0n) is 14.0. The first kappa shape index (κ1) is 18.2. The second kappa shape index (κ2) is 7.08. The van der Waals surface area contributed by atoms with Crippen LogP contribution in [0.5, 0.6) is 11.6 Å². The normalized spacial score (nSPS) is 11.6. The Labute approximate surface area is 160 Å². The van der Waals surface area contributed by atoms with Crippen molar-refractivity contribution < 1.29 is 22.3 Å². The van der Waals surface area contributed by atoms with Gasteiger partial charge in [-0.1, -0.05) is 23.5 Å². The minimum Gasteiger partial charge on any atom is -0.438 e. The topological polar surface area (TPSA) is 47.0 Å². The van der Waals surface area contributed by atoms with Gasteiger partial charge in [-0.2, -0.15) is 13.2 Å². The number of benzene rings is 2. The highest BCUT2D eigenvalue weighted by Gasteiger charge is 2.35. The van der Waals surface area contributed by atoms with E-state index < -0.39 is 23.4 Å². The highest BCUT2D eigenvalue weighted by molar-refractivity contribution is 7.22. The molecule has 0 radical (unpaired) electrons. The Bertz CT molecular complexity index is 1110. The number of ether oxygens (including phenoxy) is 1. The summed E-state index contributed by atoms with van der Waals surface area (Å²) in [5.74, 6) is -1.43. The maximum atomic E-state index is 14.4. The van der Waals surface area contributed by atoms with Crippen LogP contribution in [0.15, 0.2) is 60.8 Å². The van der Waals surface area contributed by atoms with Crippen molar-refractivity contribution in [1.82, 2.24) is 9.97 Å². The molecule has 2 aromatic carbocycles. The van der Waals surface area contributed by atoms with Gasteiger partial charge in [0, 0.05) is 12.3 Å². The molecule has 0 unspecified atom stereocenters. The average molecular weight is 405 g/mol. The SMILES string of the molecule is Fc1cc(Oc2ncccc2C(F)(F)F)ccc1Nc1nc2ccccc2s1. The monoisotopic (exact) mass is 405 g/mol. The first-order valence-corrected chi connectivity index (χ1v) is 8.84. The fraction of sp³-hybridized carbons (Fsp3) is 0.0526. The fourth-order valence-electron chi connectivity index (χ4n) is 2.50. The van der Waals surface area contributed by atoms with Gasteiger partial charge in [0.1, 0.15) is 17.1 Å². The van der Waals surface area contributed by atoms with E-state index in [-0.39, 0.29) is 11.4 Å². The summed E-state index contributed by atoms with van der Waals surface area (Å²) in [6.45, 7) is 0. The second-order valence-corrected chi connectivity index (χ2v) is 6.74. The Kier molecular flexibility index (Phi) is 4.60. The lowest BCUT2D eigenvalue weighted by Crippen LogP contribution is -2.08. The van der Waals surface area contributed by atoms with Gasteiger partial charge in [0.2, 0.25) is 5.88 Å². The molecule has 0 aliphatic heterocycles. The Hall–Kier alpha value is -3.20. The van der Waals surface area contributed by atoms with E-state index in [1.807, 2.05) is 24.3 Å². The van der Waals surface area contributed by atoms with Crippen molar-refractivity contribution in [3.8, 4) is 11.6 Å². The number of rotatable bonds is 4. The molecule has 0 bridgehead atoms. The number of thiazole rings is 1. The number of nitrogens with one attached hydrogen (secondary N) is 1. The molecule has 0 aliphatic carbocycles. The molecule has 0 amide bonds. The largest absolute Gasteiger partial charge is 0.438 e. The van der Waals surface area contributed by atoms with Crippen LogP contribution in [0.1, 0.15) is 5.56 Å². The molecule has 0 aliphatic rings. The van der Waals surface area contributed by atoms with Gasteiger partial charge in [0.05, 0.1) is 15.9 Å². The number of alkyl halides is 3. The Morgan fingerprint density at radius 1 is 1.00 bits per heavy atom. The van der Waals surface area contributed by atoms with Crippen molar-refractivity contribution >= 4 is 32.4 Å². The van der Waals surface area contributed by atoms with Gasteiger partial charge in [-0.25, -0.2) is 14.4 Å². The van der Waals surface area contributed by atoms with Gasteiger partial charge in [0.15, 0.2) is 5.13 Å². The number of halogens is 4. The third kappa shape index (κ3) is 3.74. The number of anilines is 2. The van der Waals surface area contributed by atoms with E-state index in [4.69, 9.17) is 4.74 Å². The van der Waals surface area contributed by atoms with E-state index in [1.54, 1.807) is 0 Å². The van der Waals surface area contributed by atoms with E-state index in [9.17, 15) is 17.6 Å². The lowest BCUT2D eigenvalue weighted by Gasteiger charge is -2.13. The molecular weight excluding hydrogens is 394 g/mol. The number of para-hydroxylation sites is 1. The van der Waals surface area contributed by atoms with Crippen molar-refractivity contribution in [2.24, 2.45) is 0 Å². The number of aromatic nitrogens is 2. The zero-order valence-corrected chi connectivity index (χ0v) is 14.8. The molecule has 0 atom stereocenters. The first-order valence-electron chi connectivity index (χ1n) is 8.02. The molecule has 0 spiro atoms. The summed E-state index contributed by atoms with van der Waals surface area (Å²) >= 11 is 1.36. The minimum absolute atomic E-state index is 0.100. The molecule has 4 aromatic rings. The lowest BCUT2D eigenvalue weighted by molar-refractivity contribution is -0.138. The van der Waals surface area contributed by atoms with E-state index in [2.05, 4.69) is 15.3 Å². The zero-order chi connectivity index (χ0) is 19.7. The Morgan fingerprint density at radius 2 is 1.82 bits per heavy atom. The van der Waals surface area contributed by atoms with Crippen LogP contribution >= 0.6 is 11.3 Å². The summed E-state index contributed by atoms with van der Waals surface area (Å²) in [4.78, 5) is 7.95. The molecule has 0 fully saturated rings. The number of pyridine rings is 1. The molecule has 0 saturated heterocycles. The van der Waals surface area contributed by atoms with Crippen LogP contribution in [-0.2, 0) is 6.18 Å². The van der Waals surface area contributed by atoms with Crippen LogP contribution in [0.4, 0.5) is 28.4 Å². The molecule has 2 aromatic heterocycles. The van der Waals surface area contributed by atoms with Crippen LogP contribution in [0.2, 0.25) is 0 Å². The predicted octanol–water partition coefficient (Wildman–Crippen LogP) is 6.39. The molecule has 142 valence electrons. The van der Waals surface area contributed by atoms with Gasteiger partial charge in [0.25, 0.3) is 0 Å². The molecular formula is C19H11F4N3OS. The third-order valence-electron chi connectivity index (χ3n) is 3.77. The summed E-state index contributed by atoms with van der Waals surface area (Å²) in [5.41, 5.74) is -0.124. The number of nitrogens with zero attached hydrogens (tertiary/aromatic N) is 2.